The quantitative estimate of drug-likeness (QED) is 0.154. The molecule has 0 aliphatic carbocycles. The molecule has 60 heavy (non-hydrogen) atoms. The summed E-state index contributed by atoms with van der Waals surface area (Å²) in [5.41, 5.74) is 15.9. The van der Waals surface area contributed by atoms with Crippen LogP contribution in [0, 0.1) is 0 Å². The van der Waals surface area contributed by atoms with Crippen LogP contribution in [0.25, 0.3) is 100 Å². The number of hydrogen-bond acceptors (Lipinski definition) is 2. The predicted octanol–water partition coefficient (Wildman–Crippen LogP) is 14.4. The van der Waals surface area contributed by atoms with E-state index in [1.54, 1.807) is 0 Å². The monoisotopic (exact) mass is 766 g/mol. The summed E-state index contributed by atoms with van der Waals surface area (Å²) in [6.45, 7) is 0. The third-order valence-electron chi connectivity index (χ3n) is 11.4. The summed E-state index contributed by atoms with van der Waals surface area (Å²) in [4.78, 5) is 5.02. The molecule has 0 unspecified atom stereocenters. The van der Waals surface area contributed by atoms with Crippen LogP contribution in [-0.4, -0.2) is 19.3 Å². The van der Waals surface area contributed by atoms with E-state index in [0.717, 1.165) is 39.5 Å². The van der Waals surface area contributed by atoms with Gasteiger partial charge >= 0.3 is 0 Å². The second-order valence-electron chi connectivity index (χ2n) is 15.0. The van der Waals surface area contributed by atoms with Gasteiger partial charge in [-0.2, -0.15) is 0 Å². The number of hydrogen-bond donors (Lipinski definition) is 0. The minimum Gasteiger partial charge on any atom is -0.309 e. The molecule has 0 aliphatic rings. The molecule has 2 aromatic heterocycles. The van der Waals surface area contributed by atoms with E-state index in [0.29, 0.717) is 5.82 Å². The molecule has 4 heteroatoms. The van der Waals surface area contributed by atoms with E-state index in [9.17, 15) is 0 Å². The van der Waals surface area contributed by atoms with Gasteiger partial charge in [-0.3, -0.25) is 0 Å². The van der Waals surface area contributed by atoms with E-state index in [4.69, 9.17) is 10.1 Å². The molecule has 0 amide bonds. The van der Waals surface area contributed by atoms with Gasteiger partial charge in [0, 0.05) is 27.6 Å². The third kappa shape index (κ3) is 6.28. The molecule has 0 aliphatic heterocycles. The van der Waals surface area contributed by atoms with Gasteiger partial charge in [0.1, 0.15) is 0 Å². The van der Waals surface area contributed by atoms with Crippen molar-refractivity contribution < 1.29 is 0 Å². The van der Waals surface area contributed by atoms with Gasteiger partial charge in [0.2, 0.25) is 0 Å². The third-order valence-corrected chi connectivity index (χ3v) is 11.4. The lowest BCUT2D eigenvalue weighted by Gasteiger charge is -2.15. The SMILES string of the molecule is c1ccc(-c2ccc3c(c2)c2cc(-c4ccccc4-c4ccccc4-c4ccc(-n5nc(-c6ccccc6)nc5-c5ccccc5)cc4)ccc2n3-c2ccccc2)cc1. The Morgan fingerprint density at radius 2 is 0.750 bits per heavy atom. The van der Waals surface area contributed by atoms with Crippen molar-refractivity contribution in [2.45, 2.75) is 0 Å². The number of fused-ring (bicyclic) bond motifs is 3. The van der Waals surface area contributed by atoms with Gasteiger partial charge in [0.25, 0.3) is 0 Å². The van der Waals surface area contributed by atoms with Crippen LogP contribution in [0.15, 0.2) is 231 Å². The molecule has 0 saturated heterocycles. The molecule has 282 valence electrons. The fourth-order valence-electron chi connectivity index (χ4n) is 8.55. The predicted molar refractivity (Wildman–Crippen MR) is 248 cm³/mol. The Morgan fingerprint density at radius 1 is 0.300 bits per heavy atom. The fourth-order valence-corrected chi connectivity index (χ4v) is 8.55. The van der Waals surface area contributed by atoms with Crippen LogP contribution < -0.4 is 0 Å². The van der Waals surface area contributed by atoms with E-state index in [1.165, 1.54) is 55.2 Å². The maximum absolute atomic E-state index is 5.02. The Hall–Kier alpha value is -8.08. The maximum atomic E-state index is 5.02. The van der Waals surface area contributed by atoms with E-state index >= 15 is 0 Å². The molecule has 9 aromatic carbocycles. The molecule has 0 atom stereocenters. The van der Waals surface area contributed by atoms with Gasteiger partial charge in [-0.15, -0.1) is 5.10 Å². The Balaban J connectivity index is 1.01. The summed E-state index contributed by atoms with van der Waals surface area (Å²) in [7, 11) is 0. The molecule has 4 nitrogen and oxygen atoms in total. The number of para-hydroxylation sites is 1. The average molecular weight is 767 g/mol. The zero-order chi connectivity index (χ0) is 39.8. The summed E-state index contributed by atoms with van der Waals surface area (Å²) in [5, 5.41) is 7.48. The Bertz CT molecular complexity index is 3280. The van der Waals surface area contributed by atoms with Crippen LogP contribution in [0.2, 0.25) is 0 Å². The lowest BCUT2D eigenvalue weighted by molar-refractivity contribution is 0.891. The van der Waals surface area contributed by atoms with Gasteiger partial charge in [-0.25, -0.2) is 9.67 Å². The maximum Gasteiger partial charge on any atom is 0.182 e. The van der Waals surface area contributed by atoms with Gasteiger partial charge in [-0.05, 0) is 93.0 Å². The molecule has 11 aromatic rings. The first-order valence-electron chi connectivity index (χ1n) is 20.3. The van der Waals surface area contributed by atoms with Crippen molar-refractivity contribution in [3.05, 3.63) is 231 Å². The average Bonchev–Trinajstić information content (AvgIpc) is 3.93. The molecule has 2 heterocycles. The summed E-state index contributed by atoms with van der Waals surface area (Å²) < 4.78 is 4.34. The van der Waals surface area contributed by atoms with Crippen molar-refractivity contribution >= 4 is 21.8 Å². The van der Waals surface area contributed by atoms with Gasteiger partial charge in [0.15, 0.2) is 11.6 Å². The van der Waals surface area contributed by atoms with Crippen molar-refractivity contribution in [2.75, 3.05) is 0 Å². The molecule has 0 bridgehead atoms. The Morgan fingerprint density at radius 3 is 1.35 bits per heavy atom. The lowest BCUT2D eigenvalue weighted by atomic mass is 9.89. The first kappa shape index (κ1) is 35.1. The second kappa shape index (κ2) is 15.0. The number of aromatic nitrogens is 4. The summed E-state index contributed by atoms with van der Waals surface area (Å²) in [5.74, 6) is 1.50. The van der Waals surface area contributed by atoms with Crippen LogP contribution in [0.4, 0.5) is 0 Å². The van der Waals surface area contributed by atoms with Crippen molar-refractivity contribution in [3.8, 4) is 78.7 Å². The first-order chi connectivity index (χ1) is 29.8. The highest BCUT2D eigenvalue weighted by molar-refractivity contribution is 6.12. The zero-order valence-corrected chi connectivity index (χ0v) is 32.7. The summed E-state index contributed by atoms with van der Waals surface area (Å²) in [6, 6.07) is 81.8. The van der Waals surface area contributed by atoms with E-state index in [-0.39, 0.29) is 0 Å². The van der Waals surface area contributed by atoms with Crippen molar-refractivity contribution in [3.63, 3.8) is 0 Å². The highest BCUT2D eigenvalue weighted by Gasteiger charge is 2.19. The van der Waals surface area contributed by atoms with E-state index in [1.807, 2.05) is 41.1 Å². The zero-order valence-electron chi connectivity index (χ0n) is 32.7. The van der Waals surface area contributed by atoms with Crippen LogP contribution >= 0.6 is 0 Å². The van der Waals surface area contributed by atoms with E-state index in [2.05, 4.69) is 199 Å². The largest absolute Gasteiger partial charge is 0.309 e. The standard InChI is InChI=1S/C56H38N4/c1-5-17-39(18-6-1)43-31-35-53-51(37-43)52-38-44(32-36-54(52)59(53)45-23-11-4-12-24-45)48-26-14-16-28-50(48)49-27-15-13-25-47(49)40-29-33-46(34-30-40)60-56(42-21-9-3-10-22-42)57-55(58-60)41-19-7-2-8-20-41/h1-38H. The van der Waals surface area contributed by atoms with E-state index < -0.39 is 0 Å². The Labute approximate surface area is 348 Å². The fraction of sp³-hybridized carbons (Fsp3) is 0. The highest BCUT2D eigenvalue weighted by atomic mass is 15.4. The topological polar surface area (TPSA) is 35.6 Å². The summed E-state index contributed by atoms with van der Waals surface area (Å²) >= 11 is 0. The molecule has 0 saturated carbocycles. The van der Waals surface area contributed by atoms with Crippen LogP contribution in [-0.2, 0) is 0 Å². The molecular formula is C56H38N4. The molecular weight excluding hydrogens is 729 g/mol. The summed E-state index contributed by atoms with van der Waals surface area (Å²) in [6.07, 6.45) is 0. The number of rotatable bonds is 8. The van der Waals surface area contributed by atoms with Crippen molar-refractivity contribution in [1.29, 1.82) is 0 Å². The van der Waals surface area contributed by atoms with Crippen LogP contribution in [0.1, 0.15) is 0 Å². The van der Waals surface area contributed by atoms with Crippen molar-refractivity contribution in [1.82, 2.24) is 19.3 Å². The van der Waals surface area contributed by atoms with Gasteiger partial charge < -0.3 is 4.57 Å². The van der Waals surface area contributed by atoms with Crippen LogP contribution in [0.3, 0.4) is 0 Å². The molecule has 0 radical (unpaired) electrons. The van der Waals surface area contributed by atoms with Gasteiger partial charge in [-0.1, -0.05) is 182 Å². The Kier molecular flexibility index (Phi) is 8.79. The molecule has 11 rings (SSSR count). The minimum atomic E-state index is 0.694. The first-order valence-corrected chi connectivity index (χ1v) is 20.3. The molecule has 0 fully saturated rings. The molecule has 0 N–H and O–H groups in total. The number of benzene rings is 9. The lowest BCUT2D eigenvalue weighted by Crippen LogP contribution is -1.99. The minimum absolute atomic E-state index is 0.694. The van der Waals surface area contributed by atoms with Gasteiger partial charge in [0.05, 0.1) is 16.7 Å². The normalized spacial score (nSPS) is 11.3. The second-order valence-corrected chi connectivity index (χ2v) is 15.0. The number of nitrogens with zero attached hydrogens (tertiary/aromatic N) is 4. The van der Waals surface area contributed by atoms with Crippen LogP contribution in [0.5, 0.6) is 0 Å². The highest BCUT2D eigenvalue weighted by Crippen LogP contribution is 2.42. The van der Waals surface area contributed by atoms with Crippen molar-refractivity contribution in [2.24, 2.45) is 0 Å². The smallest absolute Gasteiger partial charge is 0.182 e. The molecule has 0 spiro atoms.